The summed E-state index contributed by atoms with van der Waals surface area (Å²) in [7, 11) is 0. The molecule has 1 aliphatic rings. The summed E-state index contributed by atoms with van der Waals surface area (Å²) in [6.45, 7) is 5.35. The highest BCUT2D eigenvalue weighted by Gasteiger charge is 2.34. The molecule has 0 unspecified atom stereocenters. The van der Waals surface area contributed by atoms with E-state index in [1.807, 2.05) is 13.8 Å². The SMILES string of the molecule is CC(=O)N[C@@H](CCCN=C(N)N)C(=O)N[C@@H](CCCN=C(N)N)C(=O)N[C@@H](CCCN=C(N)N)C(=O)N[C@@H](CCCN=C(N)N)C(=O)N[C@@H](CCCN=C(N)N)C(=O)N[C@@H](CCCN=C(N)N)C(=O)NCC(=O)N1C[C@@H](C)O[C@@H](C)C1. The van der Waals surface area contributed by atoms with E-state index in [1.54, 1.807) is 4.90 Å². The largest absolute Gasteiger partial charge is 0.372 e. The summed E-state index contributed by atoms with van der Waals surface area (Å²) in [5.41, 5.74) is 66.2. The van der Waals surface area contributed by atoms with Crippen LogP contribution in [0.5, 0.6) is 0 Å². The highest BCUT2D eigenvalue weighted by atomic mass is 16.5. The maximum atomic E-state index is 14.5. The van der Waals surface area contributed by atoms with Gasteiger partial charge in [-0.1, -0.05) is 0 Å². The zero-order valence-electron chi connectivity index (χ0n) is 46.7. The van der Waals surface area contributed by atoms with Crippen LogP contribution in [0.1, 0.15) is 97.8 Å². The second-order valence-electron chi connectivity index (χ2n) is 19.0. The van der Waals surface area contributed by atoms with Gasteiger partial charge in [-0.25, -0.2) is 0 Å². The molecule has 1 saturated heterocycles. The van der Waals surface area contributed by atoms with E-state index in [9.17, 15) is 38.4 Å². The van der Waals surface area contributed by atoms with E-state index in [1.165, 1.54) is 6.92 Å². The monoisotopic (exact) mass is 1150 g/mol. The molecule has 0 radical (unpaired) electrons. The predicted molar refractivity (Wildman–Crippen MR) is 306 cm³/mol. The minimum atomic E-state index is -1.44. The Labute approximate surface area is 471 Å². The summed E-state index contributed by atoms with van der Waals surface area (Å²) in [6, 6.07) is -8.03. The van der Waals surface area contributed by atoms with Gasteiger partial charge >= 0.3 is 0 Å². The van der Waals surface area contributed by atoms with Crippen LogP contribution in [0.3, 0.4) is 0 Å². The van der Waals surface area contributed by atoms with Crippen LogP contribution < -0.4 is 106 Å². The van der Waals surface area contributed by atoms with Crippen molar-refractivity contribution in [2.24, 2.45) is 98.8 Å². The number of nitrogens with zero attached hydrogens (tertiary/aromatic N) is 7. The number of carbonyl (C=O) groups is 8. The van der Waals surface area contributed by atoms with Crippen LogP contribution in [0.2, 0.25) is 0 Å². The first kappa shape index (κ1) is 70.4. The Balaban J connectivity index is 3.71. The molecule has 1 aliphatic heterocycles. The first-order valence-electron chi connectivity index (χ1n) is 26.5. The Morgan fingerprint density at radius 1 is 0.395 bits per heavy atom. The summed E-state index contributed by atoms with van der Waals surface area (Å²) in [5, 5.41) is 18.5. The molecule has 1 rings (SSSR count). The van der Waals surface area contributed by atoms with E-state index in [-0.39, 0.29) is 170 Å². The number of guanidine groups is 6. The Morgan fingerprint density at radius 3 is 0.840 bits per heavy atom. The van der Waals surface area contributed by atoms with Crippen molar-refractivity contribution in [2.45, 2.75) is 146 Å². The lowest BCUT2D eigenvalue weighted by Crippen LogP contribution is -2.60. The number of nitrogens with one attached hydrogen (secondary N) is 7. The molecule has 0 bridgehead atoms. The number of nitrogens with two attached hydrogens (primary N) is 12. The Kier molecular flexibility index (Phi) is 33.7. The fourth-order valence-corrected chi connectivity index (χ4v) is 8.02. The molecule has 0 saturated carbocycles. The third-order valence-electron chi connectivity index (χ3n) is 11.7. The van der Waals surface area contributed by atoms with E-state index in [0.29, 0.717) is 13.1 Å². The Morgan fingerprint density at radius 2 is 0.617 bits per heavy atom. The van der Waals surface area contributed by atoms with E-state index in [0.717, 1.165) is 0 Å². The topological polar surface area (TPSA) is 620 Å². The van der Waals surface area contributed by atoms with Gasteiger partial charge in [0.1, 0.15) is 36.3 Å². The van der Waals surface area contributed by atoms with Crippen LogP contribution in [0, 0.1) is 0 Å². The highest BCUT2D eigenvalue weighted by Crippen LogP contribution is 2.12. The standard InChI is InChI=1S/C46H90N26O9/c1-25-23-72(24-26(2)81-25)34(74)22-65-35(75)28(10-4-16-59-41(47)48)67-37(77)30(12-6-18-61-43(51)52)69-39(79)32(14-8-20-63-45(55)56)71-40(80)33(15-9-21-64-46(57)58)70-38(78)31(13-7-19-62-44(53)54)68-36(76)29(66-27(3)73)11-5-17-60-42(49)50/h25-26,28-33H,4-24H2,1-3H3,(H,65,75)(H,66,73)(H,67,77)(H,68,76)(H,69,79)(H,70,78)(H,71,80)(H4,47,48,59)(H4,49,50,60)(H4,51,52,61)(H4,53,54,62)(H4,55,56,63)(H4,57,58,64)/t25-,26+,28-,29-,30-,31-,32-,33-/m0/s1. The maximum Gasteiger partial charge on any atom is 0.243 e. The van der Waals surface area contributed by atoms with E-state index in [2.05, 4.69) is 67.2 Å². The quantitative estimate of drug-likeness (QED) is 0.0155. The first-order valence-corrected chi connectivity index (χ1v) is 26.5. The maximum absolute atomic E-state index is 14.5. The molecule has 81 heavy (non-hydrogen) atoms. The molecule has 0 spiro atoms. The molecule has 8 atom stereocenters. The van der Waals surface area contributed by atoms with Crippen molar-refractivity contribution in [3.8, 4) is 0 Å². The third-order valence-corrected chi connectivity index (χ3v) is 11.7. The zero-order valence-corrected chi connectivity index (χ0v) is 46.7. The molecule has 35 nitrogen and oxygen atoms in total. The fourth-order valence-electron chi connectivity index (χ4n) is 8.02. The Hall–Kier alpha value is -8.66. The Bertz CT molecular complexity index is 2210. The van der Waals surface area contributed by atoms with Gasteiger partial charge in [0.2, 0.25) is 47.3 Å². The molecule has 0 aliphatic carbocycles. The lowest BCUT2D eigenvalue weighted by molar-refractivity contribution is -0.143. The van der Waals surface area contributed by atoms with Crippen molar-refractivity contribution in [3.05, 3.63) is 0 Å². The van der Waals surface area contributed by atoms with Gasteiger partial charge in [-0.05, 0) is 90.9 Å². The second-order valence-corrected chi connectivity index (χ2v) is 19.0. The minimum absolute atomic E-state index is 0.000819. The molecule has 0 aromatic carbocycles. The number of ether oxygens (including phenoxy) is 1. The molecule has 0 aromatic rings. The second kappa shape index (κ2) is 38.8. The summed E-state index contributed by atoms with van der Waals surface area (Å²) >= 11 is 0. The van der Waals surface area contributed by atoms with Crippen LogP contribution in [-0.2, 0) is 43.1 Å². The van der Waals surface area contributed by atoms with Crippen molar-refractivity contribution in [1.29, 1.82) is 0 Å². The van der Waals surface area contributed by atoms with Crippen LogP contribution in [0.15, 0.2) is 30.0 Å². The van der Waals surface area contributed by atoms with Crippen molar-refractivity contribution >= 4 is 83.0 Å². The number of hydrogen-bond acceptors (Lipinski definition) is 15. The highest BCUT2D eigenvalue weighted by molar-refractivity contribution is 5.97. The molecule has 35 heteroatoms. The number of rotatable bonds is 38. The molecule has 458 valence electrons. The fraction of sp³-hybridized carbons (Fsp3) is 0.696. The summed E-state index contributed by atoms with van der Waals surface area (Å²) < 4.78 is 5.72. The van der Waals surface area contributed by atoms with Crippen molar-refractivity contribution in [1.82, 2.24) is 42.1 Å². The smallest absolute Gasteiger partial charge is 0.243 e. The van der Waals surface area contributed by atoms with Gasteiger partial charge in [-0.2, -0.15) is 0 Å². The molecule has 1 fully saturated rings. The average Bonchev–Trinajstić information content (AvgIpc) is 3.37. The van der Waals surface area contributed by atoms with E-state index >= 15 is 0 Å². The van der Waals surface area contributed by atoms with Gasteiger partial charge in [-0.3, -0.25) is 68.3 Å². The normalized spacial score (nSPS) is 15.8. The molecule has 31 N–H and O–H groups in total. The minimum Gasteiger partial charge on any atom is -0.372 e. The molecule has 8 amide bonds. The van der Waals surface area contributed by atoms with Gasteiger partial charge < -0.3 is 116 Å². The summed E-state index contributed by atoms with van der Waals surface area (Å²) in [4.78, 5) is 136. The average molecular weight is 1150 g/mol. The number of morpholine rings is 1. The van der Waals surface area contributed by atoms with Gasteiger partial charge in [0, 0.05) is 59.3 Å². The number of carbonyl (C=O) groups excluding carboxylic acids is 8. The van der Waals surface area contributed by atoms with Crippen LogP contribution in [-0.4, -0.2) is 195 Å². The summed E-state index contributed by atoms with van der Waals surface area (Å²) in [5.74, 6) is -7.18. The van der Waals surface area contributed by atoms with Gasteiger partial charge in [0.25, 0.3) is 0 Å². The van der Waals surface area contributed by atoms with Gasteiger partial charge in [-0.15, -0.1) is 0 Å². The van der Waals surface area contributed by atoms with Crippen molar-refractivity contribution < 1.29 is 43.1 Å². The van der Waals surface area contributed by atoms with Gasteiger partial charge in [0.05, 0.1) is 18.8 Å². The lowest BCUT2D eigenvalue weighted by atomic mass is 10.0. The van der Waals surface area contributed by atoms with Gasteiger partial charge in [0.15, 0.2) is 35.8 Å². The van der Waals surface area contributed by atoms with Crippen LogP contribution >= 0.6 is 0 Å². The van der Waals surface area contributed by atoms with E-state index < -0.39 is 84.1 Å². The predicted octanol–water partition coefficient (Wildman–Crippen LogP) is -9.01. The van der Waals surface area contributed by atoms with Crippen LogP contribution in [0.25, 0.3) is 0 Å². The zero-order chi connectivity index (χ0) is 61.0. The molecular weight excluding hydrogens is 1060 g/mol. The summed E-state index contributed by atoms with van der Waals surface area (Å²) in [6.07, 6.45) is 0.115. The number of amides is 8. The number of hydrogen-bond donors (Lipinski definition) is 19. The van der Waals surface area contributed by atoms with E-state index in [4.69, 9.17) is 73.5 Å². The number of aliphatic imine (C=N–C) groups is 6. The van der Waals surface area contributed by atoms with Crippen LogP contribution in [0.4, 0.5) is 0 Å². The van der Waals surface area contributed by atoms with Crippen molar-refractivity contribution in [2.75, 3.05) is 58.9 Å². The molecule has 1 heterocycles. The lowest BCUT2D eigenvalue weighted by Gasteiger charge is -2.35. The molecule has 0 aromatic heterocycles. The van der Waals surface area contributed by atoms with Crippen molar-refractivity contribution in [3.63, 3.8) is 0 Å². The molecular formula is C46H90N26O9. The third kappa shape index (κ3) is 32.7. The first-order chi connectivity index (χ1) is 38.2.